The smallest absolute Gasteiger partial charge is 0.254 e. The molecule has 1 unspecified atom stereocenters. The fraction of sp³-hybridized carbons (Fsp3) is 0.533. The molecule has 1 aliphatic rings. The number of piperidine rings is 1. The van der Waals surface area contributed by atoms with Crippen LogP contribution >= 0.6 is 11.6 Å². The number of amides is 1. The van der Waals surface area contributed by atoms with Crippen molar-refractivity contribution in [1.29, 1.82) is 0 Å². The Morgan fingerprint density at radius 1 is 1.50 bits per heavy atom. The Hall–Kier alpha value is -1.29. The van der Waals surface area contributed by atoms with Gasteiger partial charge >= 0.3 is 0 Å². The third kappa shape index (κ3) is 3.23. The molecule has 0 N–H and O–H groups in total. The molecular formula is C15H19ClFNO2. The van der Waals surface area contributed by atoms with Gasteiger partial charge in [-0.05, 0) is 43.9 Å². The highest BCUT2D eigenvalue weighted by Gasteiger charge is 2.27. The third-order valence-corrected chi connectivity index (χ3v) is 3.95. The van der Waals surface area contributed by atoms with Gasteiger partial charge in [-0.1, -0.05) is 0 Å². The lowest BCUT2D eigenvalue weighted by atomic mass is 9.98. The number of alkyl halides is 1. The van der Waals surface area contributed by atoms with Crippen LogP contribution in [0.1, 0.15) is 36.0 Å². The molecule has 0 radical (unpaired) electrons. The summed E-state index contributed by atoms with van der Waals surface area (Å²) >= 11 is 5.81. The molecule has 0 aromatic heterocycles. The van der Waals surface area contributed by atoms with Crippen molar-refractivity contribution in [2.24, 2.45) is 0 Å². The lowest BCUT2D eigenvalue weighted by molar-refractivity contribution is 0.0609. The molecule has 20 heavy (non-hydrogen) atoms. The Kier molecular flexibility index (Phi) is 5.24. The van der Waals surface area contributed by atoms with Crippen LogP contribution in [0.4, 0.5) is 4.39 Å². The molecule has 0 aliphatic carbocycles. The van der Waals surface area contributed by atoms with E-state index in [2.05, 4.69) is 0 Å². The zero-order valence-corrected chi connectivity index (χ0v) is 12.3. The normalized spacial score (nSPS) is 18.9. The number of nitrogens with zero attached hydrogens (tertiary/aromatic N) is 1. The molecule has 2 rings (SSSR count). The maximum Gasteiger partial charge on any atom is 0.254 e. The van der Waals surface area contributed by atoms with Gasteiger partial charge < -0.3 is 9.64 Å². The highest BCUT2D eigenvalue weighted by atomic mass is 35.5. The number of carbonyl (C=O) groups is 1. The highest BCUT2D eigenvalue weighted by Crippen LogP contribution is 2.24. The van der Waals surface area contributed by atoms with Crippen LogP contribution in [0.25, 0.3) is 0 Å². The number of halogens is 2. The summed E-state index contributed by atoms with van der Waals surface area (Å²) in [5.74, 6) is 0.112. The first-order chi connectivity index (χ1) is 9.67. The van der Waals surface area contributed by atoms with Gasteiger partial charge in [-0.2, -0.15) is 0 Å². The highest BCUT2D eigenvalue weighted by molar-refractivity contribution is 6.17. The van der Waals surface area contributed by atoms with E-state index in [0.717, 1.165) is 32.2 Å². The predicted octanol–water partition coefficient (Wildman–Crippen LogP) is 3.46. The second kappa shape index (κ2) is 6.93. The molecule has 0 saturated carbocycles. The van der Waals surface area contributed by atoms with Gasteiger partial charge in [0.1, 0.15) is 0 Å². The number of methoxy groups -OCH3 is 1. The zero-order chi connectivity index (χ0) is 14.5. The molecule has 110 valence electrons. The SMILES string of the molecule is COc1cc(C(=O)N2CCCCC2CCCl)ccc1F. The largest absolute Gasteiger partial charge is 0.494 e. The van der Waals surface area contributed by atoms with Crippen LogP contribution in [-0.4, -0.2) is 36.4 Å². The second-order valence-corrected chi connectivity index (χ2v) is 5.35. The lowest BCUT2D eigenvalue weighted by Crippen LogP contribution is -2.44. The summed E-state index contributed by atoms with van der Waals surface area (Å²) < 4.78 is 18.3. The van der Waals surface area contributed by atoms with Crippen LogP contribution in [0.3, 0.4) is 0 Å². The molecule has 1 aromatic rings. The lowest BCUT2D eigenvalue weighted by Gasteiger charge is -2.35. The van der Waals surface area contributed by atoms with E-state index in [1.807, 2.05) is 4.90 Å². The van der Waals surface area contributed by atoms with Gasteiger partial charge in [0.2, 0.25) is 0 Å². The van der Waals surface area contributed by atoms with Crippen LogP contribution < -0.4 is 4.74 Å². The van der Waals surface area contributed by atoms with Crippen LogP contribution in [-0.2, 0) is 0 Å². The number of carbonyl (C=O) groups excluding carboxylic acids is 1. The number of likely N-dealkylation sites (tertiary alicyclic amines) is 1. The first kappa shape index (κ1) is 15.1. The predicted molar refractivity (Wildman–Crippen MR) is 77.0 cm³/mol. The number of ether oxygens (including phenoxy) is 1. The van der Waals surface area contributed by atoms with Gasteiger partial charge in [0.05, 0.1) is 7.11 Å². The van der Waals surface area contributed by atoms with Crippen molar-refractivity contribution in [2.45, 2.75) is 31.7 Å². The molecule has 1 amide bonds. The molecule has 1 atom stereocenters. The van der Waals surface area contributed by atoms with Crippen molar-refractivity contribution in [2.75, 3.05) is 19.5 Å². The van der Waals surface area contributed by atoms with E-state index < -0.39 is 5.82 Å². The zero-order valence-electron chi connectivity index (χ0n) is 11.6. The Labute approximate surface area is 123 Å². The van der Waals surface area contributed by atoms with Crippen LogP contribution in [0.5, 0.6) is 5.75 Å². The van der Waals surface area contributed by atoms with Gasteiger partial charge in [0, 0.05) is 24.0 Å². The maximum atomic E-state index is 13.4. The molecule has 0 bridgehead atoms. The van der Waals surface area contributed by atoms with E-state index >= 15 is 0 Å². The molecule has 3 nitrogen and oxygen atoms in total. The topological polar surface area (TPSA) is 29.5 Å². The van der Waals surface area contributed by atoms with Crippen LogP contribution in [0, 0.1) is 5.82 Å². The maximum absolute atomic E-state index is 13.4. The molecule has 1 heterocycles. The van der Waals surface area contributed by atoms with E-state index in [-0.39, 0.29) is 17.7 Å². The fourth-order valence-corrected chi connectivity index (χ4v) is 2.90. The van der Waals surface area contributed by atoms with E-state index in [1.54, 1.807) is 0 Å². The molecule has 0 spiro atoms. The second-order valence-electron chi connectivity index (χ2n) is 4.98. The van der Waals surface area contributed by atoms with Gasteiger partial charge in [0.25, 0.3) is 5.91 Å². The number of rotatable bonds is 4. The average Bonchev–Trinajstić information content (AvgIpc) is 2.48. The van der Waals surface area contributed by atoms with Gasteiger partial charge in [0.15, 0.2) is 11.6 Å². The quantitative estimate of drug-likeness (QED) is 0.797. The van der Waals surface area contributed by atoms with Gasteiger partial charge in [-0.15, -0.1) is 11.6 Å². The molecule has 1 saturated heterocycles. The molecule has 1 aliphatic heterocycles. The minimum atomic E-state index is -0.458. The summed E-state index contributed by atoms with van der Waals surface area (Å²) in [6.07, 6.45) is 3.91. The molecular weight excluding hydrogens is 281 g/mol. The van der Waals surface area contributed by atoms with Crippen molar-refractivity contribution < 1.29 is 13.9 Å². The summed E-state index contributed by atoms with van der Waals surface area (Å²) in [7, 11) is 1.39. The average molecular weight is 300 g/mol. The van der Waals surface area contributed by atoms with E-state index in [4.69, 9.17) is 16.3 Å². The Balaban J connectivity index is 2.20. The van der Waals surface area contributed by atoms with Crippen molar-refractivity contribution >= 4 is 17.5 Å². The summed E-state index contributed by atoms with van der Waals surface area (Å²) in [5.41, 5.74) is 0.463. The number of benzene rings is 1. The van der Waals surface area contributed by atoms with Crippen molar-refractivity contribution in [3.8, 4) is 5.75 Å². The molecule has 5 heteroatoms. The fourth-order valence-electron chi connectivity index (χ4n) is 2.65. The Bertz CT molecular complexity index is 479. The van der Waals surface area contributed by atoms with Gasteiger partial charge in [-0.3, -0.25) is 4.79 Å². The minimum absolute atomic E-state index is 0.0712. The summed E-state index contributed by atoms with van der Waals surface area (Å²) in [6.45, 7) is 0.736. The van der Waals surface area contributed by atoms with Crippen molar-refractivity contribution in [1.82, 2.24) is 4.90 Å². The van der Waals surface area contributed by atoms with Crippen LogP contribution in [0.2, 0.25) is 0 Å². The van der Waals surface area contributed by atoms with Crippen molar-refractivity contribution in [3.05, 3.63) is 29.6 Å². The standard InChI is InChI=1S/C15H19ClFNO2/c1-20-14-10-11(5-6-13(14)17)15(19)18-9-3-2-4-12(18)7-8-16/h5-6,10,12H,2-4,7-9H2,1H3. The number of hydrogen-bond acceptors (Lipinski definition) is 2. The van der Waals surface area contributed by atoms with Gasteiger partial charge in [-0.25, -0.2) is 4.39 Å². The third-order valence-electron chi connectivity index (χ3n) is 3.73. The van der Waals surface area contributed by atoms with E-state index in [9.17, 15) is 9.18 Å². The first-order valence-corrected chi connectivity index (χ1v) is 7.41. The summed E-state index contributed by atoms with van der Waals surface area (Å²) in [5, 5.41) is 0. The number of hydrogen-bond donors (Lipinski definition) is 0. The molecule has 1 fully saturated rings. The van der Waals surface area contributed by atoms with E-state index in [0.29, 0.717) is 11.4 Å². The van der Waals surface area contributed by atoms with Crippen molar-refractivity contribution in [3.63, 3.8) is 0 Å². The summed E-state index contributed by atoms with van der Waals surface area (Å²) in [6, 6.07) is 4.42. The van der Waals surface area contributed by atoms with Crippen LogP contribution in [0.15, 0.2) is 18.2 Å². The Morgan fingerprint density at radius 2 is 2.30 bits per heavy atom. The monoisotopic (exact) mass is 299 g/mol. The first-order valence-electron chi connectivity index (χ1n) is 6.88. The summed E-state index contributed by atoms with van der Waals surface area (Å²) in [4.78, 5) is 14.4. The van der Waals surface area contributed by atoms with E-state index in [1.165, 1.54) is 25.3 Å². The Morgan fingerprint density at radius 3 is 3.00 bits per heavy atom. The molecule has 1 aromatic carbocycles. The minimum Gasteiger partial charge on any atom is -0.494 e.